The Labute approximate surface area is 98.1 Å². The number of halogens is 1. The minimum Gasteiger partial charge on any atom is -0.323 e. The zero-order valence-corrected chi connectivity index (χ0v) is 8.98. The highest BCUT2D eigenvalue weighted by atomic mass is 19.1. The second-order valence-corrected chi connectivity index (χ2v) is 3.98. The predicted octanol–water partition coefficient (Wildman–Crippen LogP) is 3.32. The molecule has 1 amide bonds. The van der Waals surface area contributed by atoms with Crippen molar-refractivity contribution in [2.45, 2.75) is 6.17 Å². The van der Waals surface area contributed by atoms with Crippen molar-refractivity contribution < 1.29 is 9.18 Å². The molecule has 1 aliphatic heterocycles. The van der Waals surface area contributed by atoms with E-state index in [0.717, 1.165) is 11.1 Å². The first-order valence-electron chi connectivity index (χ1n) is 5.40. The Balaban J connectivity index is 2.33. The number of alkyl halides is 1. The van der Waals surface area contributed by atoms with Crippen LogP contribution < -0.4 is 5.32 Å². The molecule has 0 spiro atoms. The molecule has 0 radical (unpaired) electrons. The first kappa shape index (κ1) is 10.0. The van der Waals surface area contributed by atoms with Gasteiger partial charge >= 0.3 is 0 Å². The molecule has 1 N–H and O–H groups in total. The molecule has 17 heavy (non-hydrogen) atoms. The predicted molar refractivity (Wildman–Crippen MR) is 64.4 cm³/mol. The van der Waals surface area contributed by atoms with Crippen molar-refractivity contribution in [2.24, 2.45) is 0 Å². The maximum Gasteiger partial charge on any atom is 0.263 e. The lowest BCUT2D eigenvalue weighted by molar-refractivity contribution is -0.120. The minimum absolute atomic E-state index is 0.426. The molecule has 0 saturated heterocycles. The maximum atomic E-state index is 14.0. The van der Waals surface area contributed by atoms with Gasteiger partial charge in [0.2, 0.25) is 6.17 Å². The summed E-state index contributed by atoms with van der Waals surface area (Å²) in [5.74, 6) is -0.609. The molecule has 3 heteroatoms. The molecule has 0 saturated carbocycles. The number of carbonyl (C=O) groups excluding carboxylic acids is 1. The number of hydrogen-bond donors (Lipinski definition) is 1. The van der Waals surface area contributed by atoms with Crippen molar-refractivity contribution in [2.75, 3.05) is 5.32 Å². The lowest BCUT2D eigenvalue weighted by Gasteiger charge is -2.08. The standard InChI is InChI=1S/C14H10FNO/c15-13-11-7-2-1-5-9(11)10-6-3-4-8-12(10)16-14(13)17/h1-8,13H,(H,16,17)/t13-/m0/s1. The first-order valence-corrected chi connectivity index (χ1v) is 5.40. The van der Waals surface area contributed by atoms with Gasteiger partial charge in [-0.05, 0) is 11.6 Å². The highest BCUT2D eigenvalue weighted by Gasteiger charge is 2.27. The van der Waals surface area contributed by atoms with Gasteiger partial charge < -0.3 is 5.32 Å². The molecule has 1 aliphatic rings. The van der Waals surface area contributed by atoms with Gasteiger partial charge in [-0.15, -0.1) is 0 Å². The fraction of sp³-hybridized carbons (Fsp3) is 0.0714. The number of anilines is 1. The molecule has 0 unspecified atom stereocenters. The summed E-state index contributed by atoms with van der Waals surface area (Å²) in [6.07, 6.45) is -1.61. The van der Waals surface area contributed by atoms with Gasteiger partial charge in [0.25, 0.3) is 5.91 Å². The zero-order chi connectivity index (χ0) is 11.8. The van der Waals surface area contributed by atoms with Gasteiger partial charge in [-0.3, -0.25) is 4.79 Å². The van der Waals surface area contributed by atoms with E-state index in [2.05, 4.69) is 5.32 Å². The monoisotopic (exact) mass is 227 g/mol. The van der Waals surface area contributed by atoms with E-state index in [4.69, 9.17) is 0 Å². The molecule has 84 valence electrons. The van der Waals surface area contributed by atoms with E-state index >= 15 is 0 Å². The number of hydrogen-bond acceptors (Lipinski definition) is 1. The lowest BCUT2D eigenvalue weighted by Crippen LogP contribution is -2.16. The largest absolute Gasteiger partial charge is 0.323 e. The summed E-state index contributed by atoms with van der Waals surface area (Å²) < 4.78 is 14.0. The van der Waals surface area contributed by atoms with Crippen molar-refractivity contribution in [1.82, 2.24) is 0 Å². The number of benzene rings is 2. The van der Waals surface area contributed by atoms with Crippen LogP contribution in [0.25, 0.3) is 11.1 Å². The zero-order valence-electron chi connectivity index (χ0n) is 8.98. The van der Waals surface area contributed by atoms with Gasteiger partial charge in [-0.1, -0.05) is 42.5 Å². The number of carbonyl (C=O) groups is 1. The Morgan fingerprint density at radius 2 is 1.59 bits per heavy atom. The van der Waals surface area contributed by atoms with Crippen LogP contribution in [0.5, 0.6) is 0 Å². The second-order valence-electron chi connectivity index (χ2n) is 3.98. The van der Waals surface area contributed by atoms with Crippen LogP contribution in [0.2, 0.25) is 0 Å². The number of para-hydroxylation sites is 1. The van der Waals surface area contributed by atoms with E-state index < -0.39 is 12.1 Å². The van der Waals surface area contributed by atoms with E-state index in [-0.39, 0.29) is 0 Å². The summed E-state index contributed by atoms with van der Waals surface area (Å²) in [6.45, 7) is 0. The van der Waals surface area contributed by atoms with Crippen LogP contribution in [-0.4, -0.2) is 5.91 Å². The molecular weight excluding hydrogens is 217 g/mol. The summed E-state index contributed by atoms with van der Waals surface area (Å²) in [5, 5.41) is 2.61. The SMILES string of the molecule is O=C1Nc2ccccc2-c2ccccc2[C@@H]1F. The third-order valence-electron chi connectivity index (χ3n) is 2.94. The Morgan fingerprint density at radius 3 is 2.41 bits per heavy atom. The summed E-state index contributed by atoms with van der Waals surface area (Å²) in [5.41, 5.74) is 2.71. The van der Waals surface area contributed by atoms with E-state index in [1.54, 1.807) is 18.2 Å². The number of amides is 1. The fourth-order valence-electron chi connectivity index (χ4n) is 2.13. The molecule has 0 fully saturated rings. The van der Waals surface area contributed by atoms with Crippen molar-refractivity contribution in [3.63, 3.8) is 0 Å². The topological polar surface area (TPSA) is 29.1 Å². The molecular formula is C14H10FNO. The molecule has 2 aromatic carbocycles. The van der Waals surface area contributed by atoms with Crippen LogP contribution in [-0.2, 0) is 4.79 Å². The van der Waals surface area contributed by atoms with Crippen LogP contribution in [0.1, 0.15) is 11.7 Å². The first-order chi connectivity index (χ1) is 8.27. The third kappa shape index (κ3) is 1.51. The fourth-order valence-corrected chi connectivity index (χ4v) is 2.13. The summed E-state index contributed by atoms with van der Waals surface area (Å²) >= 11 is 0. The van der Waals surface area contributed by atoms with Crippen molar-refractivity contribution >= 4 is 11.6 Å². The maximum absolute atomic E-state index is 14.0. The van der Waals surface area contributed by atoms with Crippen LogP contribution in [0.15, 0.2) is 48.5 Å². The Hall–Kier alpha value is -2.16. The molecule has 2 nitrogen and oxygen atoms in total. The molecule has 1 atom stereocenters. The Morgan fingerprint density at radius 1 is 0.941 bits per heavy atom. The molecule has 0 aromatic heterocycles. The molecule has 3 rings (SSSR count). The molecule has 2 aromatic rings. The van der Waals surface area contributed by atoms with Gasteiger partial charge in [0.15, 0.2) is 0 Å². The van der Waals surface area contributed by atoms with E-state index in [1.165, 1.54) is 0 Å². The van der Waals surface area contributed by atoms with Crippen LogP contribution in [0, 0.1) is 0 Å². The summed E-state index contributed by atoms with van der Waals surface area (Å²) in [6, 6.07) is 14.4. The Kier molecular flexibility index (Phi) is 2.18. The van der Waals surface area contributed by atoms with Gasteiger partial charge in [0, 0.05) is 16.8 Å². The highest BCUT2D eigenvalue weighted by Crippen LogP contribution is 2.38. The normalized spacial score (nSPS) is 17.7. The van der Waals surface area contributed by atoms with E-state index in [9.17, 15) is 9.18 Å². The number of rotatable bonds is 0. The van der Waals surface area contributed by atoms with Crippen LogP contribution >= 0.6 is 0 Å². The summed E-state index contributed by atoms with van der Waals surface area (Å²) in [4.78, 5) is 11.7. The summed E-state index contributed by atoms with van der Waals surface area (Å²) in [7, 11) is 0. The number of fused-ring (bicyclic) bond motifs is 3. The third-order valence-corrected chi connectivity index (χ3v) is 2.94. The Bertz CT molecular complexity index is 594. The quantitative estimate of drug-likeness (QED) is 0.735. The average molecular weight is 227 g/mol. The lowest BCUT2D eigenvalue weighted by atomic mass is 9.97. The van der Waals surface area contributed by atoms with E-state index in [0.29, 0.717) is 11.3 Å². The van der Waals surface area contributed by atoms with Gasteiger partial charge in [-0.2, -0.15) is 0 Å². The van der Waals surface area contributed by atoms with Crippen molar-refractivity contribution in [3.8, 4) is 11.1 Å². The molecule has 0 aliphatic carbocycles. The molecule has 1 heterocycles. The van der Waals surface area contributed by atoms with Crippen molar-refractivity contribution in [1.29, 1.82) is 0 Å². The van der Waals surface area contributed by atoms with Gasteiger partial charge in [-0.25, -0.2) is 4.39 Å². The minimum atomic E-state index is -1.61. The highest BCUT2D eigenvalue weighted by molar-refractivity contribution is 6.02. The number of nitrogens with one attached hydrogen (secondary N) is 1. The average Bonchev–Trinajstić information content (AvgIpc) is 2.48. The molecule has 0 bridgehead atoms. The smallest absolute Gasteiger partial charge is 0.263 e. The van der Waals surface area contributed by atoms with Gasteiger partial charge in [0.1, 0.15) is 0 Å². The van der Waals surface area contributed by atoms with Gasteiger partial charge in [0.05, 0.1) is 0 Å². The van der Waals surface area contributed by atoms with E-state index in [1.807, 2.05) is 30.3 Å². The second kappa shape index (κ2) is 3.70. The van der Waals surface area contributed by atoms with Crippen molar-refractivity contribution in [3.05, 3.63) is 54.1 Å². The van der Waals surface area contributed by atoms with Crippen LogP contribution in [0.4, 0.5) is 10.1 Å². The van der Waals surface area contributed by atoms with Crippen LogP contribution in [0.3, 0.4) is 0 Å².